The van der Waals surface area contributed by atoms with E-state index in [-0.39, 0.29) is 11.9 Å². The van der Waals surface area contributed by atoms with Gasteiger partial charge in [-0.15, -0.1) is 0 Å². The van der Waals surface area contributed by atoms with Crippen LogP contribution in [0.3, 0.4) is 0 Å². The Bertz CT molecular complexity index is 217. The maximum atomic E-state index is 10.6. The lowest BCUT2D eigenvalue weighted by Gasteiger charge is -2.33. The first-order chi connectivity index (χ1) is 6.15. The quantitative estimate of drug-likeness (QED) is 0.520. The molecule has 0 radical (unpaired) electrons. The topological polar surface area (TPSA) is 65.0 Å². The molecule has 1 aliphatic heterocycles. The highest BCUT2D eigenvalue weighted by atomic mass is 16.9. The molecule has 0 bridgehead atoms. The molecule has 1 heterocycles. The van der Waals surface area contributed by atoms with Gasteiger partial charge >= 0.3 is 5.97 Å². The highest BCUT2D eigenvalue weighted by molar-refractivity contribution is 5.87. The van der Waals surface area contributed by atoms with Crippen LogP contribution >= 0.6 is 0 Å². The number of hydrogen-bond donors (Lipinski definition) is 1. The van der Waals surface area contributed by atoms with Crippen LogP contribution in [0.25, 0.3) is 0 Å². The van der Waals surface area contributed by atoms with Gasteiger partial charge in [-0.2, -0.15) is 0 Å². The summed E-state index contributed by atoms with van der Waals surface area (Å²) in [5.41, 5.74) is -0.0139. The van der Waals surface area contributed by atoms with Crippen molar-refractivity contribution in [2.45, 2.75) is 26.4 Å². The standard InChI is InChI=1S/C8H12O5/c1-3-11-4-6(7(9)10)8-12-5(2)13-8/h4-5,8H,3H2,1-2H3,(H,9,10)/b6-4-. The van der Waals surface area contributed by atoms with E-state index in [4.69, 9.17) is 19.3 Å². The molecule has 0 aromatic rings. The summed E-state index contributed by atoms with van der Waals surface area (Å²) in [4.78, 5) is 10.6. The predicted octanol–water partition coefficient (Wildman–Crippen LogP) is 0.710. The molecule has 0 saturated carbocycles. The van der Waals surface area contributed by atoms with Crippen LogP contribution in [0.1, 0.15) is 13.8 Å². The van der Waals surface area contributed by atoms with E-state index in [1.165, 1.54) is 0 Å². The number of carbonyl (C=O) groups is 1. The van der Waals surface area contributed by atoms with E-state index in [1.54, 1.807) is 13.8 Å². The molecule has 1 fully saturated rings. The molecule has 74 valence electrons. The Morgan fingerprint density at radius 2 is 2.23 bits per heavy atom. The van der Waals surface area contributed by atoms with Crippen molar-refractivity contribution in [1.82, 2.24) is 0 Å². The van der Waals surface area contributed by atoms with Crippen LogP contribution in [0.2, 0.25) is 0 Å². The van der Waals surface area contributed by atoms with Crippen molar-refractivity contribution in [1.29, 1.82) is 0 Å². The zero-order chi connectivity index (χ0) is 9.84. The number of carboxylic acids is 1. The first-order valence-corrected chi connectivity index (χ1v) is 4.01. The lowest BCUT2D eigenvalue weighted by atomic mass is 10.2. The lowest BCUT2D eigenvalue weighted by molar-refractivity contribution is -0.358. The maximum Gasteiger partial charge on any atom is 0.339 e. The molecule has 5 heteroatoms. The van der Waals surface area contributed by atoms with Crippen molar-refractivity contribution in [2.24, 2.45) is 0 Å². The molecule has 0 spiro atoms. The Balaban J connectivity index is 2.53. The van der Waals surface area contributed by atoms with Gasteiger partial charge in [-0.3, -0.25) is 0 Å². The maximum absolute atomic E-state index is 10.6. The van der Waals surface area contributed by atoms with E-state index in [0.29, 0.717) is 6.61 Å². The van der Waals surface area contributed by atoms with Crippen LogP contribution in [0.4, 0.5) is 0 Å². The Hall–Kier alpha value is -1.07. The molecular weight excluding hydrogens is 176 g/mol. The van der Waals surface area contributed by atoms with Crippen molar-refractivity contribution in [3.05, 3.63) is 11.8 Å². The summed E-state index contributed by atoms with van der Waals surface area (Å²) < 4.78 is 14.9. The monoisotopic (exact) mass is 188 g/mol. The van der Waals surface area contributed by atoms with Crippen molar-refractivity contribution in [3.63, 3.8) is 0 Å². The fourth-order valence-corrected chi connectivity index (χ4v) is 0.885. The van der Waals surface area contributed by atoms with Crippen LogP contribution < -0.4 is 0 Å². The molecule has 1 rings (SSSR count). The van der Waals surface area contributed by atoms with E-state index in [2.05, 4.69) is 0 Å². The van der Waals surface area contributed by atoms with Gasteiger partial charge in [-0.05, 0) is 13.8 Å². The summed E-state index contributed by atoms with van der Waals surface area (Å²) in [5, 5.41) is 8.71. The fraction of sp³-hybridized carbons (Fsp3) is 0.625. The average Bonchev–Trinajstić information content (AvgIpc) is 2.01. The van der Waals surface area contributed by atoms with E-state index >= 15 is 0 Å². The molecule has 0 aliphatic carbocycles. The molecule has 1 aliphatic rings. The Morgan fingerprint density at radius 1 is 1.62 bits per heavy atom. The van der Waals surface area contributed by atoms with E-state index in [9.17, 15) is 4.79 Å². The molecule has 0 atom stereocenters. The molecule has 13 heavy (non-hydrogen) atoms. The Labute approximate surface area is 75.9 Å². The number of rotatable bonds is 4. The number of aliphatic carboxylic acids is 1. The van der Waals surface area contributed by atoms with Crippen molar-refractivity contribution in [2.75, 3.05) is 6.61 Å². The molecule has 0 amide bonds. The van der Waals surface area contributed by atoms with Gasteiger partial charge in [0.1, 0.15) is 5.57 Å². The summed E-state index contributed by atoms with van der Waals surface area (Å²) in [6.45, 7) is 3.87. The zero-order valence-corrected chi connectivity index (χ0v) is 7.52. The molecule has 0 aromatic carbocycles. The molecule has 0 unspecified atom stereocenters. The summed E-state index contributed by atoms with van der Waals surface area (Å²) in [6, 6.07) is 0. The van der Waals surface area contributed by atoms with E-state index < -0.39 is 12.3 Å². The van der Waals surface area contributed by atoms with E-state index in [0.717, 1.165) is 6.26 Å². The van der Waals surface area contributed by atoms with Crippen molar-refractivity contribution < 1.29 is 24.1 Å². The summed E-state index contributed by atoms with van der Waals surface area (Å²) in [7, 11) is 0. The minimum absolute atomic E-state index is 0.0139. The number of ether oxygens (including phenoxy) is 3. The summed E-state index contributed by atoms with van der Waals surface area (Å²) in [5.74, 6) is -1.09. The van der Waals surface area contributed by atoms with Gasteiger partial charge in [0.25, 0.3) is 0 Å². The third kappa shape index (κ3) is 2.43. The lowest BCUT2D eigenvalue weighted by Crippen LogP contribution is -2.42. The first kappa shape index (κ1) is 10.0. The second kappa shape index (κ2) is 4.25. The minimum atomic E-state index is -1.09. The molecule has 0 aromatic heterocycles. The summed E-state index contributed by atoms with van der Waals surface area (Å²) in [6.07, 6.45) is 0.0206. The number of carboxylic acid groups (broad SMARTS) is 1. The third-order valence-electron chi connectivity index (χ3n) is 1.51. The van der Waals surface area contributed by atoms with Crippen LogP contribution in [-0.4, -0.2) is 30.3 Å². The highest BCUT2D eigenvalue weighted by Gasteiger charge is 2.34. The Kier molecular flexibility index (Phi) is 3.27. The van der Waals surface area contributed by atoms with Crippen LogP contribution in [0.15, 0.2) is 11.8 Å². The van der Waals surface area contributed by atoms with Gasteiger partial charge in [0, 0.05) is 0 Å². The minimum Gasteiger partial charge on any atom is -0.501 e. The summed E-state index contributed by atoms with van der Waals surface area (Å²) >= 11 is 0. The normalized spacial score (nSPS) is 28.0. The van der Waals surface area contributed by atoms with Gasteiger partial charge < -0.3 is 19.3 Å². The van der Waals surface area contributed by atoms with Crippen LogP contribution in [0, 0.1) is 0 Å². The first-order valence-electron chi connectivity index (χ1n) is 4.01. The zero-order valence-electron chi connectivity index (χ0n) is 7.52. The van der Waals surface area contributed by atoms with Gasteiger partial charge in [-0.1, -0.05) is 0 Å². The molecule has 5 nitrogen and oxygen atoms in total. The van der Waals surface area contributed by atoms with Crippen molar-refractivity contribution >= 4 is 5.97 Å². The van der Waals surface area contributed by atoms with Gasteiger partial charge in [-0.25, -0.2) is 4.79 Å². The van der Waals surface area contributed by atoms with Gasteiger partial charge in [0.05, 0.1) is 12.9 Å². The second-order valence-corrected chi connectivity index (χ2v) is 2.51. The highest BCUT2D eigenvalue weighted by Crippen LogP contribution is 2.22. The fourth-order valence-electron chi connectivity index (χ4n) is 0.885. The predicted molar refractivity (Wildman–Crippen MR) is 42.8 cm³/mol. The number of hydrogen-bond acceptors (Lipinski definition) is 4. The van der Waals surface area contributed by atoms with E-state index in [1.807, 2.05) is 0 Å². The van der Waals surface area contributed by atoms with Crippen molar-refractivity contribution in [3.8, 4) is 0 Å². The molecular formula is C8H12O5. The van der Waals surface area contributed by atoms with Gasteiger partial charge in [0.2, 0.25) is 0 Å². The molecule has 1 N–H and O–H groups in total. The average molecular weight is 188 g/mol. The SMILES string of the molecule is CCO/C=C(/C(=O)O)C1OC(C)O1. The molecule has 1 saturated heterocycles. The largest absolute Gasteiger partial charge is 0.501 e. The third-order valence-corrected chi connectivity index (χ3v) is 1.51. The Morgan fingerprint density at radius 3 is 2.62 bits per heavy atom. The second-order valence-electron chi connectivity index (χ2n) is 2.51. The van der Waals surface area contributed by atoms with Crippen LogP contribution in [0.5, 0.6) is 0 Å². The van der Waals surface area contributed by atoms with Gasteiger partial charge in [0.15, 0.2) is 12.6 Å². The van der Waals surface area contributed by atoms with Crippen LogP contribution in [-0.2, 0) is 19.0 Å². The smallest absolute Gasteiger partial charge is 0.339 e.